The van der Waals surface area contributed by atoms with E-state index in [4.69, 9.17) is 14.5 Å². The van der Waals surface area contributed by atoms with Crippen LogP contribution in [0.2, 0.25) is 0 Å². The van der Waals surface area contributed by atoms with Gasteiger partial charge < -0.3 is 14.8 Å². The molecule has 0 saturated heterocycles. The Morgan fingerprint density at radius 2 is 2.10 bits per heavy atom. The van der Waals surface area contributed by atoms with Gasteiger partial charge in [-0.3, -0.25) is 9.08 Å². The number of nitrogens with one attached hydrogen (secondary N) is 1. The SMILES string of the molecule is Cn1cc(-c2cc3nccn3c(O[C@]3(C)C[C@H](NC(=O)OC(C)(C)C)C3)n2)cn1. The van der Waals surface area contributed by atoms with Crippen molar-refractivity contribution in [2.75, 3.05) is 0 Å². The Morgan fingerprint density at radius 3 is 2.76 bits per heavy atom. The predicted molar refractivity (Wildman–Crippen MR) is 107 cm³/mol. The number of hydrogen-bond donors (Lipinski definition) is 1. The average Bonchev–Trinajstić information content (AvgIpc) is 3.20. The fourth-order valence-electron chi connectivity index (χ4n) is 3.53. The van der Waals surface area contributed by atoms with Gasteiger partial charge in [0, 0.05) is 56.2 Å². The van der Waals surface area contributed by atoms with Gasteiger partial charge in [0.15, 0.2) is 0 Å². The molecular weight excluding hydrogens is 372 g/mol. The van der Waals surface area contributed by atoms with Crippen LogP contribution < -0.4 is 10.1 Å². The van der Waals surface area contributed by atoms with Gasteiger partial charge in [-0.25, -0.2) is 9.78 Å². The van der Waals surface area contributed by atoms with Gasteiger partial charge in [-0.2, -0.15) is 10.1 Å². The Balaban J connectivity index is 1.48. The molecule has 29 heavy (non-hydrogen) atoms. The molecule has 3 aromatic rings. The minimum atomic E-state index is -0.517. The molecule has 0 atom stereocenters. The molecule has 1 N–H and O–H groups in total. The van der Waals surface area contributed by atoms with E-state index in [0.717, 1.165) is 16.9 Å². The third kappa shape index (κ3) is 4.18. The molecule has 9 nitrogen and oxygen atoms in total. The normalized spacial score (nSPS) is 21.6. The number of fused-ring (bicyclic) bond motifs is 1. The first-order chi connectivity index (χ1) is 13.6. The molecule has 3 aromatic heterocycles. The molecule has 1 aliphatic rings. The molecule has 1 fully saturated rings. The molecule has 0 spiro atoms. The van der Waals surface area contributed by atoms with Crippen molar-refractivity contribution in [2.24, 2.45) is 7.05 Å². The van der Waals surface area contributed by atoms with Crippen molar-refractivity contribution in [3.63, 3.8) is 0 Å². The van der Waals surface area contributed by atoms with E-state index in [1.54, 1.807) is 17.1 Å². The van der Waals surface area contributed by atoms with Gasteiger partial charge in [0.2, 0.25) is 0 Å². The molecule has 4 rings (SSSR count). The first-order valence-corrected chi connectivity index (χ1v) is 9.62. The van der Waals surface area contributed by atoms with Gasteiger partial charge in [0.25, 0.3) is 0 Å². The zero-order valence-corrected chi connectivity index (χ0v) is 17.3. The second-order valence-corrected chi connectivity index (χ2v) is 8.79. The summed E-state index contributed by atoms with van der Waals surface area (Å²) in [6.45, 7) is 7.55. The molecule has 0 aromatic carbocycles. The van der Waals surface area contributed by atoms with Crippen molar-refractivity contribution in [1.82, 2.24) is 29.5 Å². The highest BCUT2D eigenvalue weighted by Crippen LogP contribution is 2.37. The maximum absolute atomic E-state index is 12.0. The van der Waals surface area contributed by atoms with E-state index in [1.165, 1.54) is 0 Å². The molecule has 0 bridgehead atoms. The zero-order chi connectivity index (χ0) is 20.8. The average molecular weight is 398 g/mol. The minimum Gasteiger partial charge on any atom is -0.458 e. The van der Waals surface area contributed by atoms with Crippen LogP contribution in [0.3, 0.4) is 0 Å². The number of imidazole rings is 1. The molecule has 0 aliphatic heterocycles. The van der Waals surface area contributed by atoms with Gasteiger partial charge in [0.05, 0.1) is 11.9 Å². The van der Waals surface area contributed by atoms with Crippen molar-refractivity contribution < 1.29 is 14.3 Å². The van der Waals surface area contributed by atoms with Crippen molar-refractivity contribution in [2.45, 2.75) is 57.8 Å². The molecule has 1 amide bonds. The van der Waals surface area contributed by atoms with Crippen LogP contribution in [0.15, 0.2) is 30.9 Å². The van der Waals surface area contributed by atoms with E-state index < -0.39 is 17.3 Å². The smallest absolute Gasteiger partial charge is 0.407 e. The van der Waals surface area contributed by atoms with Crippen LogP contribution in [0.4, 0.5) is 4.79 Å². The number of hydrogen-bond acceptors (Lipinski definition) is 6. The predicted octanol–water partition coefficient (Wildman–Crippen LogP) is 2.95. The van der Waals surface area contributed by atoms with Crippen LogP contribution in [-0.4, -0.2) is 47.5 Å². The van der Waals surface area contributed by atoms with Crippen LogP contribution in [0.1, 0.15) is 40.5 Å². The fourth-order valence-corrected chi connectivity index (χ4v) is 3.53. The number of alkyl carbamates (subject to hydrolysis) is 1. The standard InChI is InChI=1S/C20H26N6O3/c1-19(2,3)29-18(27)23-14-9-20(4,10-14)28-17-24-15(13-11-22-25(5)12-13)8-16-21-6-7-26(16)17/h6-8,11-12,14H,9-10H2,1-5H3,(H,23,27)/t14-,20+. The van der Waals surface area contributed by atoms with E-state index in [1.807, 2.05) is 57.6 Å². The summed E-state index contributed by atoms with van der Waals surface area (Å²) < 4.78 is 15.2. The Hall–Kier alpha value is -3.10. The lowest BCUT2D eigenvalue weighted by atomic mass is 9.77. The lowest BCUT2D eigenvalue weighted by Crippen LogP contribution is -2.57. The Morgan fingerprint density at radius 1 is 1.34 bits per heavy atom. The van der Waals surface area contributed by atoms with E-state index in [-0.39, 0.29) is 6.04 Å². The molecule has 1 aliphatic carbocycles. The summed E-state index contributed by atoms with van der Waals surface area (Å²) in [5, 5.41) is 7.11. The number of amides is 1. The van der Waals surface area contributed by atoms with Crippen LogP contribution in [0, 0.1) is 0 Å². The van der Waals surface area contributed by atoms with Gasteiger partial charge in [0.1, 0.15) is 16.8 Å². The van der Waals surface area contributed by atoms with Crippen LogP contribution in [0.25, 0.3) is 16.9 Å². The molecule has 9 heteroatoms. The number of carbonyl (C=O) groups is 1. The molecular formula is C20H26N6O3. The summed E-state index contributed by atoms with van der Waals surface area (Å²) >= 11 is 0. The highest BCUT2D eigenvalue weighted by molar-refractivity contribution is 5.68. The zero-order valence-electron chi connectivity index (χ0n) is 17.3. The molecule has 3 heterocycles. The van der Waals surface area contributed by atoms with Gasteiger partial charge in [-0.15, -0.1) is 0 Å². The summed E-state index contributed by atoms with van der Waals surface area (Å²) in [6.07, 6.45) is 8.13. The molecule has 0 radical (unpaired) electrons. The Bertz CT molecular complexity index is 1040. The summed E-state index contributed by atoms with van der Waals surface area (Å²) in [5.74, 6) is 0. The van der Waals surface area contributed by atoms with Crippen LogP contribution >= 0.6 is 0 Å². The van der Waals surface area contributed by atoms with E-state index in [2.05, 4.69) is 15.4 Å². The maximum Gasteiger partial charge on any atom is 0.407 e. The summed E-state index contributed by atoms with van der Waals surface area (Å²) in [4.78, 5) is 21.0. The number of aryl methyl sites for hydroxylation is 1. The first-order valence-electron chi connectivity index (χ1n) is 9.62. The summed E-state index contributed by atoms with van der Waals surface area (Å²) in [5.41, 5.74) is 1.44. The summed E-state index contributed by atoms with van der Waals surface area (Å²) in [7, 11) is 1.86. The molecule has 0 unspecified atom stereocenters. The van der Waals surface area contributed by atoms with Gasteiger partial charge in [-0.1, -0.05) is 0 Å². The second kappa shape index (κ2) is 6.75. The van der Waals surface area contributed by atoms with Crippen LogP contribution in [0.5, 0.6) is 6.01 Å². The number of aromatic nitrogens is 5. The van der Waals surface area contributed by atoms with Gasteiger partial charge >= 0.3 is 12.1 Å². The topological polar surface area (TPSA) is 95.6 Å². The van der Waals surface area contributed by atoms with E-state index >= 15 is 0 Å². The molecule has 154 valence electrons. The summed E-state index contributed by atoms with van der Waals surface area (Å²) in [6, 6.07) is 2.38. The minimum absolute atomic E-state index is 0.00892. The van der Waals surface area contributed by atoms with Crippen molar-refractivity contribution >= 4 is 11.7 Å². The van der Waals surface area contributed by atoms with Crippen molar-refractivity contribution in [1.29, 1.82) is 0 Å². The molecule has 1 saturated carbocycles. The number of nitrogens with zero attached hydrogens (tertiary/aromatic N) is 5. The lowest BCUT2D eigenvalue weighted by Gasteiger charge is -2.44. The van der Waals surface area contributed by atoms with E-state index in [0.29, 0.717) is 18.9 Å². The second-order valence-electron chi connectivity index (χ2n) is 8.79. The largest absolute Gasteiger partial charge is 0.458 e. The number of rotatable bonds is 4. The van der Waals surface area contributed by atoms with Crippen molar-refractivity contribution in [3.8, 4) is 17.3 Å². The number of ether oxygens (including phenoxy) is 2. The van der Waals surface area contributed by atoms with E-state index in [9.17, 15) is 4.79 Å². The maximum atomic E-state index is 12.0. The van der Waals surface area contributed by atoms with Crippen molar-refractivity contribution in [3.05, 3.63) is 30.9 Å². The first kappa shape index (κ1) is 19.2. The monoisotopic (exact) mass is 398 g/mol. The Labute approximate surface area is 169 Å². The van der Waals surface area contributed by atoms with Gasteiger partial charge in [-0.05, 0) is 27.7 Å². The van der Waals surface area contributed by atoms with Crippen LogP contribution in [-0.2, 0) is 11.8 Å². The lowest BCUT2D eigenvalue weighted by molar-refractivity contribution is -0.0265. The highest BCUT2D eigenvalue weighted by Gasteiger charge is 2.44. The Kier molecular flexibility index (Phi) is 4.48. The third-order valence-corrected chi connectivity index (χ3v) is 4.77. The quantitative estimate of drug-likeness (QED) is 0.726. The third-order valence-electron chi connectivity index (χ3n) is 4.77. The number of carbonyl (C=O) groups excluding carboxylic acids is 1. The highest BCUT2D eigenvalue weighted by atomic mass is 16.6. The fraction of sp³-hybridized carbons (Fsp3) is 0.500.